The number of amides is 1. The van der Waals surface area contributed by atoms with E-state index in [1.165, 1.54) is 42.6 Å². The molecular formula is C30H24F3N3O3S. The van der Waals surface area contributed by atoms with Crippen LogP contribution in [0.25, 0.3) is 22.0 Å². The molecular weight excluding hydrogens is 539 g/mol. The second-order valence-electron chi connectivity index (χ2n) is 9.52. The van der Waals surface area contributed by atoms with Gasteiger partial charge in [-0.2, -0.15) is 0 Å². The minimum absolute atomic E-state index is 0.00128. The summed E-state index contributed by atoms with van der Waals surface area (Å²) >= 11 is 0. The minimum atomic E-state index is -3.50. The molecule has 5 aromatic rings. The van der Waals surface area contributed by atoms with Gasteiger partial charge in [0.2, 0.25) is 5.91 Å². The van der Waals surface area contributed by atoms with Crippen molar-refractivity contribution in [3.05, 3.63) is 119 Å². The van der Waals surface area contributed by atoms with Crippen molar-refractivity contribution in [1.29, 1.82) is 0 Å². The van der Waals surface area contributed by atoms with Gasteiger partial charge in [-0.1, -0.05) is 18.2 Å². The number of aromatic amines is 1. The highest BCUT2D eigenvalue weighted by atomic mass is 32.2. The Balaban J connectivity index is 1.53. The SMILES string of the molecule is CS(=O)(=O)c1cccc(-c2cccnc2[C@H](Cc2cc(F)cc(F)c2)NC(=O)Cc2c[nH]c3ccc(F)cc23)c1. The standard InChI is InChI=1S/C30H24F3N3O3S/c1-40(38,39)24-5-2-4-19(13-24)25-6-3-9-34-30(25)28(12-18-10-22(32)15-23(33)11-18)36-29(37)14-20-17-35-27-8-7-21(31)16-26(20)27/h2-11,13,15-17,28,35H,12,14H2,1H3,(H,36,37)/t28-/m0/s1. The number of nitrogens with zero attached hydrogens (tertiary/aromatic N) is 1. The predicted octanol–water partition coefficient (Wildman–Crippen LogP) is 5.69. The summed E-state index contributed by atoms with van der Waals surface area (Å²) in [6, 6.07) is 16.2. The van der Waals surface area contributed by atoms with Crippen molar-refractivity contribution in [3.8, 4) is 11.1 Å². The molecule has 10 heteroatoms. The molecule has 5 rings (SSSR count). The van der Waals surface area contributed by atoms with E-state index in [2.05, 4.69) is 15.3 Å². The first-order chi connectivity index (χ1) is 19.1. The van der Waals surface area contributed by atoms with Gasteiger partial charge < -0.3 is 10.3 Å². The molecule has 40 heavy (non-hydrogen) atoms. The van der Waals surface area contributed by atoms with E-state index in [-0.39, 0.29) is 17.7 Å². The topological polar surface area (TPSA) is 91.9 Å². The van der Waals surface area contributed by atoms with Gasteiger partial charge in [0, 0.05) is 41.2 Å². The number of aromatic nitrogens is 2. The molecule has 2 heterocycles. The first kappa shape index (κ1) is 27.1. The zero-order valence-electron chi connectivity index (χ0n) is 21.3. The maximum atomic E-state index is 14.0. The molecule has 1 amide bonds. The summed E-state index contributed by atoms with van der Waals surface area (Å²) in [5, 5.41) is 3.49. The van der Waals surface area contributed by atoms with Gasteiger partial charge in [-0.05, 0) is 71.6 Å². The number of sulfone groups is 1. The van der Waals surface area contributed by atoms with Crippen molar-refractivity contribution < 1.29 is 26.4 Å². The summed E-state index contributed by atoms with van der Waals surface area (Å²) in [7, 11) is -3.50. The first-order valence-electron chi connectivity index (χ1n) is 12.3. The Bertz CT molecular complexity index is 1820. The van der Waals surface area contributed by atoms with Crippen LogP contribution in [-0.4, -0.2) is 30.5 Å². The Labute approximate surface area is 228 Å². The number of carbonyl (C=O) groups is 1. The van der Waals surface area contributed by atoms with Crippen LogP contribution in [0.5, 0.6) is 0 Å². The molecule has 0 bridgehead atoms. The molecule has 0 saturated carbocycles. The van der Waals surface area contributed by atoms with E-state index in [0.717, 1.165) is 12.3 Å². The third-order valence-electron chi connectivity index (χ3n) is 6.52. The van der Waals surface area contributed by atoms with Crippen LogP contribution in [0.3, 0.4) is 0 Å². The zero-order valence-corrected chi connectivity index (χ0v) is 22.1. The monoisotopic (exact) mass is 563 g/mol. The van der Waals surface area contributed by atoms with Crippen LogP contribution in [0.2, 0.25) is 0 Å². The number of H-pyrrole nitrogens is 1. The van der Waals surface area contributed by atoms with Crippen molar-refractivity contribution >= 4 is 26.6 Å². The van der Waals surface area contributed by atoms with E-state index >= 15 is 0 Å². The number of benzene rings is 3. The maximum Gasteiger partial charge on any atom is 0.225 e. The third kappa shape index (κ3) is 6.07. The Hall–Kier alpha value is -4.44. The van der Waals surface area contributed by atoms with Gasteiger partial charge in [0.05, 0.1) is 23.1 Å². The van der Waals surface area contributed by atoms with Crippen LogP contribution in [-0.2, 0) is 27.5 Å². The van der Waals surface area contributed by atoms with Gasteiger partial charge in [-0.15, -0.1) is 0 Å². The van der Waals surface area contributed by atoms with Gasteiger partial charge in [0.15, 0.2) is 9.84 Å². The molecule has 2 N–H and O–H groups in total. The molecule has 204 valence electrons. The van der Waals surface area contributed by atoms with E-state index in [1.54, 1.807) is 36.5 Å². The number of halogens is 3. The zero-order chi connectivity index (χ0) is 28.4. The van der Waals surface area contributed by atoms with Crippen molar-refractivity contribution in [2.24, 2.45) is 0 Å². The summed E-state index contributed by atoms with van der Waals surface area (Å²) in [6.45, 7) is 0. The van der Waals surface area contributed by atoms with Crippen molar-refractivity contribution in [2.75, 3.05) is 6.26 Å². The molecule has 0 aliphatic carbocycles. The van der Waals surface area contributed by atoms with E-state index in [4.69, 9.17) is 0 Å². The second-order valence-corrected chi connectivity index (χ2v) is 11.5. The van der Waals surface area contributed by atoms with Crippen molar-refractivity contribution in [3.63, 3.8) is 0 Å². The fourth-order valence-electron chi connectivity index (χ4n) is 4.73. The number of fused-ring (bicyclic) bond motifs is 1. The fraction of sp³-hybridized carbons (Fsp3) is 0.133. The Morgan fingerprint density at radius 1 is 0.950 bits per heavy atom. The van der Waals surface area contributed by atoms with Crippen LogP contribution in [0.15, 0.2) is 90.1 Å². The Morgan fingerprint density at radius 3 is 2.48 bits per heavy atom. The summed E-state index contributed by atoms with van der Waals surface area (Å²) < 4.78 is 66.3. The van der Waals surface area contributed by atoms with Crippen LogP contribution in [0.1, 0.15) is 22.9 Å². The summed E-state index contributed by atoms with van der Waals surface area (Å²) in [4.78, 5) is 20.9. The van der Waals surface area contributed by atoms with Gasteiger partial charge in [0.25, 0.3) is 0 Å². The molecule has 0 fully saturated rings. The molecule has 1 atom stereocenters. The molecule has 2 aromatic heterocycles. The van der Waals surface area contributed by atoms with Crippen LogP contribution in [0.4, 0.5) is 13.2 Å². The van der Waals surface area contributed by atoms with Crippen LogP contribution >= 0.6 is 0 Å². The average molecular weight is 564 g/mol. The fourth-order valence-corrected chi connectivity index (χ4v) is 5.40. The number of hydrogen-bond donors (Lipinski definition) is 2. The van der Waals surface area contributed by atoms with Gasteiger partial charge >= 0.3 is 0 Å². The number of nitrogens with one attached hydrogen (secondary N) is 2. The molecule has 0 saturated heterocycles. The largest absolute Gasteiger partial charge is 0.361 e. The van der Waals surface area contributed by atoms with E-state index in [0.29, 0.717) is 38.9 Å². The van der Waals surface area contributed by atoms with Crippen LogP contribution < -0.4 is 5.32 Å². The van der Waals surface area contributed by atoms with Gasteiger partial charge in [-0.25, -0.2) is 21.6 Å². The molecule has 0 spiro atoms. The van der Waals surface area contributed by atoms with Gasteiger partial charge in [0.1, 0.15) is 17.5 Å². The van der Waals surface area contributed by atoms with Gasteiger partial charge in [-0.3, -0.25) is 9.78 Å². The third-order valence-corrected chi connectivity index (χ3v) is 7.63. The average Bonchev–Trinajstić information content (AvgIpc) is 3.28. The molecule has 0 radical (unpaired) electrons. The smallest absolute Gasteiger partial charge is 0.225 e. The van der Waals surface area contributed by atoms with E-state index in [1.807, 2.05) is 0 Å². The van der Waals surface area contributed by atoms with Crippen LogP contribution in [0, 0.1) is 17.5 Å². The molecule has 3 aromatic carbocycles. The Morgan fingerprint density at radius 2 is 1.73 bits per heavy atom. The second kappa shape index (κ2) is 11.0. The highest BCUT2D eigenvalue weighted by Crippen LogP contribution is 2.31. The number of hydrogen-bond acceptors (Lipinski definition) is 4. The maximum absolute atomic E-state index is 14.0. The predicted molar refractivity (Wildman–Crippen MR) is 146 cm³/mol. The number of pyridine rings is 1. The summed E-state index contributed by atoms with van der Waals surface area (Å²) in [6.07, 6.45) is 4.16. The lowest BCUT2D eigenvalue weighted by Crippen LogP contribution is -2.32. The normalized spacial score (nSPS) is 12.4. The number of rotatable bonds is 8. The van der Waals surface area contributed by atoms with Crippen molar-refractivity contribution in [1.82, 2.24) is 15.3 Å². The molecule has 0 unspecified atom stereocenters. The van der Waals surface area contributed by atoms with Crippen molar-refractivity contribution in [2.45, 2.75) is 23.8 Å². The lowest BCUT2D eigenvalue weighted by molar-refractivity contribution is -0.121. The van der Waals surface area contributed by atoms with E-state index in [9.17, 15) is 26.4 Å². The lowest BCUT2D eigenvalue weighted by atomic mass is 9.95. The lowest BCUT2D eigenvalue weighted by Gasteiger charge is -2.22. The molecule has 6 nitrogen and oxygen atoms in total. The van der Waals surface area contributed by atoms with E-state index < -0.39 is 39.2 Å². The first-order valence-corrected chi connectivity index (χ1v) is 14.2. The number of carbonyl (C=O) groups excluding carboxylic acids is 1. The minimum Gasteiger partial charge on any atom is -0.361 e. The molecule has 0 aliphatic heterocycles. The summed E-state index contributed by atoms with van der Waals surface area (Å²) in [5.74, 6) is -2.38. The molecule has 0 aliphatic rings. The highest BCUT2D eigenvalue weighted by Gasteiger charge is 2.23. The summed E-state index contributed by atoms with van der Waals surface area (Å²) in [5.41, 5.74) is 3.01. The highest BCUT2D eigenvalue weighted by molar-refractivity contribution is 7.90. The quantitative estimate of drug-likeness (QED) is 0.254. The Kier molecular flexibility index (Phi) is 7.44.